The van der Waals surface area contributed by atoms with E-state index in [9.17, 15) is 13.6 Å². The highest BCUT2D eigenvalue weighted by molar-refractivity contribution is 5.74. The van der Waals surface area contributed by atoms with Crippen LogP contribution in [0.15, 0.2) is 78.9 Å². The second kappa shape index (κ2) is 6.26. The molecule has 1 N–H and O–H groups in total. The first-order valence-corrected chi connectivity index (χ1v) is 8.16. The smallest absolute Gasteiger partial charge is 0.409 e. The molecule has 1 aliphatic heterocycles. The molecule has 3 aromatic rings. The molecule has 0 radical (unpaired) electrons. The highest BCUT2D eigenvalue weighted by atomic mass is 19.1. The lowest BCUT2D eigenvalue weighted by Gasteiger charge is -2.33. The third kappa shape index (κ3) is 2.62. The van der Waals surface area contributed by atoms with Crippen LogP contribution in [0.4, 0.5) is 13.6 Å². The van der Waals surface area contributed by atoms with E-state index in [1.807, 2.05) is 30.3 Å². The van der Waals surface area contributed by atoms with Gasteiger partial charge in [-0.3, -0.25) is 0 Å². The molecule has 0 spiro atoms. The van der Waals surface area contributed by atoms with E-state index < -0.39 is 29.4 Å². The van der Waals surface area contributed by atoms with Crippen LogP contribution in [0.1, 0.15) is 22.7 Å². The third-order valence-corrected chi connectivity index (χ3v) is 4.60. The minimum atomic E-state index is -1.24. The van der Waals surface area contributed by atoms with Crippen LogP contribution < -0.4 is 5.32 Å². The predicted molar refractivity (Wildman–Crippen MR) is 92.4 cm³/mol. The normalized spacial score (nSPS) is 18.2. The number of hydrogen-bond acceptors (Lipinski definition) is 2. The van der Waals surface area contributed by atoms with Crippen LogP contribution in [0.3, 0.4) is 0 Å². The van der Waals surface area contributed by atoms with E-state index in [1.165, 1.54) is 24.3 Å². The monoisotopic (exact) mass is 351 g/mol. The summed E-state index contributed by atoms with van der Waals surface area (Å²) < 4.78 is 32.7. The van der Waals surface area contributed by atoms with E-state index in [2.05, 4.69) is 5.32 Å². The average Bonchev–Trinajstić information content (AvgIpc) is 3.02. The fourth-order valence-electron chi connectivity index (χ4n) is 3.43. The number of nitrogens with one attached hydrogen (secondary N) is 1. The van der Waals surface area contributed by atoms with E-state index in [4.69, 9.17) is 4.74 Å². The van der Waals surface area contributed by atoms with Crippen molar-refractivity contribution < 1.29 is 18.3 Å². The van der Waals surface area contributed by atoms with E-state index in [1.54, 1.807) is 24.3 Å². The quantitative estimate of drug-likeness (QED) is 0.743. The maximum absolute atomic E-state index is 13.5. The standard InChI is InChI=1S/C21H15F2NO2/c22-17-10-6-15(7-11-17)21(16-8-12-18(23)13-9-16)19(24-20(25)26-21)14-4-2-1-3-5-14/h1-13,19H,(H,24,25)/t19-/m0/s1. The van der Waals surface area contributed by atoms with Gasteiger partial charge >= 0.3 is 6.09 Å². The van der Waals surface area contributed by atoms with Crippen molar-refractivity contribution >= 4 is 6.09 Å². The van der Waals surface area contributed by atoms with Gasteiger partial charge in [0.15, 0.2) is 5.60 Å². The Hall–Kier alpha value is -3.21. The molecule has 0 saturated carbocycles. The summed E-state index contributed by atoms with van der Waals surface area (Å²) in [5, 5.41) is 2.84. The van der Waals surface area contributed by atoms with E-state index >= 15 is 0 Å². The summed E-state index contributed by atoms with van der Waals surface area (Å²) in [6.07, 6.45) is -0.590. The molecule has 0 unspecified atom stereocenters. The average molecular weight is 351 g/mol. The lowest BCUT2D eigenvalue weighted by molar-refractivity contribution is 0.0681. The summed E-state index contributed by atoms with van der Waals surface area (Å²) >= 11 is 0. The van der Waals surface area contributed by atoms with Crippen LogP contribution in [0, 0.1) is 11.6 Å². The molecule has 1 heterocycles. The number of benzene rings is 3. The third-order valence-electron chi connectivity index (χ3n) is 4.60. The van der Waals surface area contributed by atoms with Gasteiger partial charge < -0.3 is 10.1 Å². The minimum Gasteiger partial charge on any atom is -0.430 e. The van der Waals surface area contributed by atoms with Gasteiger partial charge in [-0.2, -0.15) is 0 Å². The molecule has 1 saturated heterocycles. The molecule has 3 aromatic carbocycles. The fourth-order valence-corrected chi connectivity index (χ4v) is 3.43. The number of amides is 1. The first-order chi connectivity index (χ1) is 12.6. The molecule has 5 heteroatoms. The lowest BCUT2D eigenvalue weighted by Crippen LogP contribution is -2.35. The van der Waals surface area contributed by atoms with E-state index in [0.717, 1.165) is 5.56 Å². The number of rotatable bonds is 3. The molecule has 0 aromatic heterocycles. The summed E-state index contributed by atoms with van der Waals surface area (Å²) in [4.78, 5) is 12.2. The van der Waals surface area contributed by atoms with Gasteiger partial charge in [-0.25, -0.2) is 13.6 Å². The van der Waals surface area contributed by atoms with Crippen molar-refractivity contribution in [3.05, 3.63) is 107 Å². The summed E-state index contributed by atoms with van der Waals surface area (Å²) in [6, 6.07) is 20.4. The second-order valence-electron chi connectivity index (χ2n) is 6.13. The van der Waals surface area contributed by atoms with Gasteiger partial charge in [0, 0.05) is 11.1 Å². The van der Waals surface area contributed by atoms with Crippen LogP contribution in [0.25, 0.3) is 0 Å². The molecule has 3 nitrogen and oxygen atoms in total. The van der Waals surface area contributed by atoms with Crippen molar-refractivity contribution in [2.75, 3.05) is 0 Å². The molecular weight excluding hydrogens is 336 g/mol. The molecule has 1 atom stereocenters. The summed E-state index contributed by atoms with van der Waals surface area (Å²) in [7, 11) is 0. The van der Waals surface area contributed by atoms with Gasteiger partial charge in [-0.15, -0.1) is 0 Å². The summed E-state index contributed by atoms with van der Waals surface area (Å²) in [5.74, 6) is -0.784. The van der Waals surface area contributed by atoms with E-state index in [-0.39, 0.29) is 0 Å². The van der Waals surface area contributed by atoms with E-state index in [0.29, 0.717) is 11.1 Å². The molecule has 0 aliphatic carbocycles. The Labute approximate surface area is 149 Å². The van der Waals surface area contributed by atoms with Crippen LogP contribution in [0.5, 0.6) is 0 Å². The molecule has 1 fully saturated rings. The summed E-state index contributed by atoms with van der Waals surface area (Å²) in [5.41, 5.74) is 0.780. The Bertz CT molecular complexity index is 879. The highest BCUT2D eigenvalue weighted by Crippen LogP contribution is 2.47. The zero-order valence-corrected chi connectivity index (χ0v) is 13.7. The SMILES string of the molecule is O=C1N[C@@H](c2ccccc2)C(c2ccc(F)cc2)(c2ccc(F)cc2)O1. The maximum atomic E-state index is 13.5. The zero-order valence-electron chi connectivity index (χ0n) is 13.7. The van der Waals surface area contributed by atoms with Crippen molar-refractivity contribution in [2.24, 2.45) is 0 Å². The van der Waals surface area contributed by atoms with Gasteiger partial charge in [-0.05, 0) is 29.8 Å². The molecule has 0 bridgehead atoms. The van der Waals surface area contributed by atoms with Crippen LogP contribution in [-0.4, -0.2) is 6.09 Å². The van der Waals surface area contributed by atoms with Crippen LogP contribution >= 0.6 is 0 Å². The lowest BCUT2D eigenvalue weighted by atomic mass is 9.78. The number of halogens is 2. The number of ether oxygens (including phenoxy) is 1. The number of cyclic esters (lactones) is 1. The first kappa shape index (κ1) is 16.3. The van der Waals surface area contributed by atoms with Gasteiger partial charge in [0.1, 0.15) is 17.7 Å². The van der Waals surface area contributed by atoms with Crippen molar-refractivity contribution in [1.82, 2.24) is 5.32 Å². The minimum absolute atomic E-state index is 0.392. The Balaban J connectivity index is 1.96. The van der Waals surface area contributed by atoms with Crippen LogP contribution in [0.2, 0.25) is 0 Å². The molecule has 4 rings (SSSR count). The number of carbonyl (C=O) groups excluding carboxylic acids is 1. The van der Waals surface area contributed by atoms with Gasteiger partial charge in [0.05, 0.1) is 0 Å². The van der Waals surface area contributed by atoms with Crippen LogP contribution in [-0.2, 0) is 10.3 Å². The van der Waals surface area contributed by atoms with Gasteiger partial charge in [0.25, 0.3) is 0 Å². The second-order valence-corrected chi connectivity index (χ2v) is 6.13. The van der Waals surface area contributed by atoms with Crippen molar-refractivity contribution in [3.8, 4) is 0 Å². The number of hydrogen-bond donors (Lipinski definition) is 1. The van der Waals surface area contributed by atoms with Gasteiger partial charge in [0.2, 0.25) is 0 Å². The Morgan fingerprint density at radius 1 is 0.769 bits per heavy atom. The molecule has 130 valence electrons. The fraction of sp³-hybridized carbons (Fsp3) is 0.0952. The molecule has 1 aliphatic rings. The van der Waals surface area contributed by atoms with Crippen molar-refractivity contribution in [3.63, 3.8) is 0 Å². The molecule has 26 heavy (non-hydrogen) atoms. The Kier molecular flexibility index (Phi) is 3.92. The van der Waals surface area contributed by atoms with Crippen molar-refractivity contribution in [1.29, 1.82) is 0 Å². The number of alkyl carbamates (subject to hydrolysis) is 1. The number of carbonyl (C=O) groups is 1. The predicted octanol–water partition coefficient (Wildman–Crippen LogP) is 4.69. The zero-order chi connectivity index (χ0) is 18.1. The maximum Gasteiger partial charge on any atom is 0.409 e. The highest BCUT2D eigenvalue weighted by Gasteiger charge is 2.52. The summed E-state index contributed by atoms with van der Waals surface area (Å²) in [6.45, 7) is 0. The largest absolute Gasteiger partial charge is 0.430 e. The van der Waals surface area contributed by atoms with Crippen molar-refractivity contribution in [2.45, 2.75) is 11.6 Å². The first-order valence-electron chi connectivity index (χ1n) is 8.16. The molecule has 1 amide bonds. The van der Waals surface area contributed by atoms with Gasteiger partial charge in [-0.1, -0.05) is 54.6 Å². The Morgan fingerprint density at radius 3 is 1.77 bits per heavy atom. The topological polar surface area (TPSA) is 38.3 Å². The molecular formula is C21H15F2NO2. The Morgan fingerprint density at radius 2 is 1.27 bits per heavy atom.